The average molecular weight is 329 g/mol. The van der Waals surface area contributed by atoms with Gasteiger partial charge in [0.2, 0.25) is 0 Å². The van der Waals surface area contributed by atoms with Crippen molar-refractivity contribution < 1.29 is 18.6 Å². The van der Waals surface area contributed by atoms with E-state index in [4.69, 9.17) is 4.74 Å². The number of hydrogen-bond donors (Lipinski definition) is 1. The smallest absolute Gasteiger partial charge is 0.137 e. The van der Waals surface area contributed by atoms with Gasteiger partial charge in [-0.05, 0) is 45.8 Å². The maximum atomic E-state index is 13.8. The number of rotatable bonds is 3. The van der Waals surface area contributed by atoms with Crippen molar-refractivity contribution in [3.8, 4) is 5.75 Å². The second-order valence-corrected chi connectivity index (χ2v) is 4.79. The van der Waals surface area contributed by atoms with Gasteiger partial charge in [-0.2, -0.15) is 0 Å². The monoisotopic (exact) mass is 328 g/mol. The van der Waals surface area contributed by atoms with E-state index >= 15 is 0 Å². The lowest BCUT2D eigenvalue weighted by Gasteiger charge is -2.16. The van der Waals surface area contributed by atoms with Crippen molar-refractivity contribution in [1.82, 2.24) is 0 Å². The predicted octanol–water partition coefficient (Wildman–Crippen LogP) is 3.82. The molecule has 0 spiro atoms. The second-order valence-electron chi connectivity index (χ2n) is 3.93. The minimum absolute atomic E-state index is 0.0310. The summed E-state index contributed by atoms with van der Waals surface area (Å²) in [5.41, 5.74) is 0.403. The Labute approximate surface area is 117 Å². The van der Waals surface area contributed by atoms with Crippen LogP contribution in [0.25, 0.3) is 0 Å². The second kappa shape index (κ2) is 5.67. The fourth-order valence-electron chi connectivity index (χ4n) is 1.81. The molecule has 0 saturated heterocycles. The van der Waals surface area contributed by atoms with E-state index in [1.54, 1.807) is 6.07 Å². The van der Waals surface area contributed by atoms with Crippen LogP contribution in [0, 0.1) is 11.6 Å². The Morgan fingerprint density at radius 1 is 1.16 bits per heavy atom. The van der Waals surface area contributed by atoms with Crippen LogP contribution < -0.4 is 4.74 Å². The van der Waals surface area contributed by atoms with E-state index < -0.39 is 17.7 Å². The predicted molar refractivity (Wildman–Crippen MR) is 71.1 cm³/mol. The molecule has 19 heavy (non-hydrogen) atoms. The van der Waals surface area contributed by atoms with Crippen LogP contribution in [0.3, 0.4) is 0 Å². The fraction of sp³-hybridized carbons (Fsp3) is 0.143. The lowest BCUT2D eigenvalue weighted by molar-refractivity contribution is 0.208. The van der Waals surface area contributed by atoms with Gasteiger partial charge in [0, 0.05) is 0 Å². The van der Waals surface area contributed by atoms with Crippen molar-refractivity contribution in [3.63, 3.8) is 0 Å². The van der Waals surface area contributed by atoms with Crippen LogP contribution in [0.1, 0.15) is 17.2 Å². The van der Waals surface area contributed by atoms with Crippen molar-refractivity contribution in [2.24, 2.45) is 0 Å². The molecule has 0 amide bonds. The highest BCUT2D eigenvalue weighted by Crippen LogP contribution is 2.33. The topological polar surface area (TPSA) is 29.5 Å². The first-order chi connectivity index (χ1) is 9.04. The maximum Gasteiger partial charge on any atom is 0.137 e. The molecule has 1 atom stereocenters. The van der Waals surface area contributed by atoms with E-state index in [9.17, 15) is 13.9 Å². The zero-order valence-corrected chi connectivity index (χ0v) is 11.6. The Bertz CT molecular complexity index is 602. The van der Waals surface area contributed by atoms with Gasteiger partial charge in [0.05, 0.1) is 17.1 Å². The van der Waals surface area contributed by atoms with E-state index in [1.807, 2.05) is 0 Å². The van der Waals surface area contributed by atoms with E-state index in [-0.39, 0.29) is 15.8 Å². The Balaban J connectivity index is 2.49. The Morgan fingerprint density at radius 2 is 1.89 bits per heavy atom. The molecule has 2 rings (SSSR count). The minimum Gasteiger partial charge on any atom is -0.496 e. The maximum absolute atomic E-state index is 13.8. The Hall–Kier alpha value is -1.46. The molecule has 0 aromatic heterocycles. The van der Waals surface area contributed by atoms with Crippen LogP contribution in [0.5, 0.6) is 5.75 Å². The van der Waals surface area contributed by atoms with E-state index in [0.717, 1.165) is 0 Å². The summed E-state index contributed by atoms with van der Waals surface area (Å²) in [5.74, 6) is -0.781. The summed E-state index contributed by atoms with van der Waals surface area (Å²) in [7, 11) is 1.39. The van der Waals surface area contributed by atoms with Crippen LogP contribution in [0.2, 0.25) is 0 Å². The summed E-state index contributed by atoms with van der Waals surface area (Å²) >= 11 is 3.03. The zero-order valence-electron chi connectivity index (χ0n) is 10.0. The molecular formula is C14H11BrF2O2. The number of ether oxygens (including phenoxy) is 1. The van der Waals surface area contributed by atoms with Crippen LogP contribution in [0.4, 0.5) is 8.78 Å². The van der Waals surface area contributed by atoms with E-state index in [0.29, 0.717) is 5.56 Å². The summed E-state index contributed by atoms with van der Waals surface area (Å²) in [5, 5.41) is 10.2. The van der Waals surface area contributed by atoms with Gasteiger partial charge in [-0.25, -0.2) is 8.78 Å². The number of methoxy groups -OCH3 is 1. The molecule has 2 nitrogen and oxygen atoms in total. The normalized spacial score (nSPS) is 12.3. The van der Waals surface area contributed by atoms with Crippen LogP contribution >= 0.6 is 15.9 Å². The first kappa shape index (κ1) is 14.0. The molecule has 100 valence electrons. The molecule has 1 N–H and O–H groups in total. The van der Waals surface area contributed by atoms with Crippen molar-refractivity contribution in [2.45, 2.75) is 6.10 Å². The summed E-state index contributed by atoms with van der Waals surface area (Å²) < 4.78 is 32.2. The molecule has 0 heterocycles. The van der Waals surface area contributed by atoms with Gasteiger partial charge < -0.3 is 9.84 Å². The Morgan fingerprint density at radius 3 is 2.53 bits per heavy atom. The minimum atomic E-state index is -1.23. The molecule has 0 aliphatic carbocycles. The number of halogens is 3. The largest absolute Gasteiger partial charge is 0.496 e. The highest BCUT2D eigenvalue weighted by Gasteiger charge is 2.20. The molecule has 0 saturated carbocycles. The van der Waals surface area contributed by atoms with Crippen LogP contribution in [-0.4, -0.2) is 12.2 Å². The summed E-state index contributed by atoms with van der Waals surface area (Å²) in [6.45, 7) is 0. The van der Waals surface area contributed by atoms with Crippen LogP contribution in [-0.2, 0) is 0 Å². The van der Waals surface area contributed by atoms with Crippen molar-refractivity contribution in [1.29, 1.82) is 0 Å². The van der Waals surface area contributed by atoms with Gasteiger partial charge in [0.15, 0.2) is 0 Å². The Kier molecular flexibility index (Phi) is 4.17. The summed E-state index contributed by atoms with van der Waals surface area (Å²) in [6, 6.07) is 8.29. The summed E-state index contributed by atoms with van der Waals surface area (Å²) in [6.07, 6.45) is -1.23. The number of aliphatic hydroxyl groups excluding tert-OH is 1. The van der Waals surface area contributed by atoms with Crippen molar-refractivity contribution >= 4 is 15.9 Å². The number of aliphatic hydroxyl groups is 1. The van der Waals surface area contributed by atoms with Crippen molar-refractivity contribution in [2.75, 3.05) is 7.11 Å². The third kappa shape index (κ3) is 2.77. The first-order valence-electron chi connectivity index (χ1n) is 5.50. The molecule has 2 aromatic carbocycles. The number of benzene rings is 2. The highest BCUT2D eigenvalue weighted by molar-refractivity contribution is 9.10. The van der Waals surface area contributed by atoms with Gasteiger partial charge in [0.25, 0.3) is 0 Å². The zero-order chi connectivity index (χ0) is 14.0. The molecule has 5 heteroatoms. The van der Waals surface area contributed by atoms with E-state index in [1.165, 1.54) is 37.4 Å². The van der Waals surface area contributed by atoms with Gasteiger partial charge in [-0.15, -0.1) is 0 Å². The van der Waals surface area contributed by atoms with Gasteiger partial charge in [0.1, 0.15) is 23.5 Å². The van der Waals surface area contributed by atoms with Gasteiger partial charge in [-0.3, -0.25) is 0 Å². The molecule has 0 aliphatic rings. The quantitative estimate of drug-likeness (QED) is 0.928. The molecule has 0 fully saturated rings. The van der Waals surface area contributed by atoms with Crippen molar-refractivity contribution in [3.05, 3.63) is 63.6 Å². The summed E-state index contributed by atoms with van der Waals surface area (Å²) in [4.78, 5) is 0. The molecule has 0 bridgehead atoms. The lowest BCUT2D eigenvalue weighted by atomic mass is 10.00. The third-order valence-corrected chi connectivity index (χ3v) is 3.37. The SMILES string of the molecule is COc1cccc(F)c1C(O)c1ccc(F)c(Br)c1. The highest BCUT2D eigenvalue weighted by atomic mass is 79.9. The van der Waals surface area contributed by atoms with Crippen LogP contribution in [0.15, 0.2) is 40.9 Å². The number of hydrogen-bond acceptors (Lipinski definition) is 2. The van der Waals surface area contributed by atoms with Gasteiger partial charge in [-0.1, -0.05) is 12.1 Å². The molecule has 0 aliphatic heterocycles. The molecule has 1 unspecified atom stereocenters. The lowest BCUT2D eigenvalue weighted by Crippen LogP contribution is -2.05. The molecular weight excluding hydrogens is 318 g/mol. The van der Waals surface area contributed by atoms with Gasteiger partial charge >= 0.3 is 0 Å². The third-order valence-electron chi connectivity index (χ3n) is 2.77. The molecule has 2 aromatic rings. The first-order valence-corrected chi connectivity index (χ1v) is 6.29. The standard InChI is InChI=1S/C14H11BrF2O2/c1-19-12-4-2-3-11(17)13(12)14(18)8-5-6-10(16)9(15)7-8/h2-7,14,18H,1H3. The van der Waals surface area contributed by atoms with E-state index in [2.05, 4.69) is 15.9 Å². The fourth-order valence-corrected chi connectivity index (χ4v) is 2.21. The average Bonchev–Trinajstić information content (AvgIpc) is 2.40. The molecule has 0 radical (unpaired) electrons.